The van der Waals surface area contributed by atoms with E-state index in [9.17, 15) is 13.6 Å². The van der Waals surface area contributed by atoms with Crippen molar-refractivity contribution >= 4 is 5.91 Å². The third-order valence-electron chi connectivity index (χ3n) is 3.68. The maximum Gasteiger partial charge on any atom is 0.257 e. The summed E-state index contributed by atoms with van der Waals surface area (Å²) in [7, 11) is 0. The summed E-state index contributed by atoms with van der Waals surface area (Å²) in [6.07, 6.45) is -0.430. The van der Waals surface area contributed by atoms with Crippen molar-refractivity contribution < 1.29 is 23.4 Å². The number of ether oxygens (including phenoxy) is 1. The number of aliphatic hydroxyl groups is 1. The first-order valence-corrected chi connectivity index (χ1v) is 6.99. The van der Waals surface area contributed by atoms with Crippen LogP contribution in [0.1, 0.15) is 23.7 Å². The van der Waals surface area contributed by atoms with Crippen molar-refractivity contribution in [3.63, 3.8) is 0 Å². The van der Waals surface area contributed by atoms with E-state index in [2.05, 4.69) is 0 Å². The quantitative estimate of drug-likeness (QED) is 0.927. The van der Waals surface area contributed by atoms with Gasteiger partial charge in [0.1, 0.15) is 5.75 Å². The molecule has 0 aliphatic carbocycles. The van der Waals surface area contributed by atoms with Gasteiger partial charge in [0.15, 0.2) is 0 Å². The van der Waals surface area contributed by atoms with Crippen LogP contribution in [0.25, 0.3) is 0 Å². The van der Waals surface area contributed by atoms with Crippen LogP contribution in [0.5, 0.6) is 5.75 Å². The molecule has 6 heteroatoms. The van der Waals surface area contributed by atoms with Gasteiger partial charge in [-0.1, -0.05) is 12.1 Å². The molecule has 1 saturated heterocycles. The zero-order valence-electron chi connectivity index (χ0n) is 11.9. The molecule has 2 rings (SSSR count). The second-order valence-corrected chi connectivity index (χ2v) is 5.07. The lowest BCUT2D eigenvalue weighted by Crippen LogP contribution is -2.50. The average molecular weight is 299 g/mol. The van der Waals surface area contributed by atoms with E-state index in [1.807, 2.05) is 6.92 Å². The Morgan fingerprint density at radius 2 is 2.19 bits per heavy atom. The lowest BCUT2D eigenvalue weighted by atomic mass is 9.93. The molecule has 21 heavy (non-hydrogen) atoms. The molecule has 1 heterocycles. The van der Waals surface area contributed by atoms with E-state index in [0.29, 0.717) is 17.9 Å². The standard InChI is InChI=1S/C15H19F2NO3/c1-2-21-13-6-4-3-5-12(13)14(20)18-8-7-15(16,17)11(9-18)10-19/h3-6,11,19H,2,7-10H2,1H3. The minimum absolute atomic E-state index is 0.0250. The Kier molecular flexibility index (Phi) is 4.77. The number of amides is 1. The minimum Gasteiger partial charge on any atom is -0.493 e. The summed E-state index contributed by atoms with van der Waals surface area (Å²) >= 11 is 0. The Labute approximate surface area is 122 Å². The van der Waals surface area contributed by atoms with Gasteiger partial charge in [-0.3, -0.25) is 4.79 Å². The summed E-state index contributed by atoms with van der Waals surface area (Å²) in [5, 5.41) is 9.09. The molecule has 1 aromatic rings. The summed E-state index contributed by atoms with van der Waals surface area (Å²) < 4.78 is 32.6. The molecule has 1 fully saturated rings. The first-order valence-electron chi connectivity index (χ1n) is 6.99. The van der Waals surface area contributed by atoms with Gasteiger partial charge in [0.05, 0.1) is 24.7 Å². The third kappa shape index (κ3) is 3.32. The highest BCUT2D eigenvalue weighted by atomic mass is 19.3. The zero-order chi connectivity index (χ0) is 15.5. The number of aliphatic hydroxyl groups excluding tert-OH is 1. The van der Waals surface area contributed by atoms with E-state index in [0.717, 1.165) is 0 Å². The van der Waals surface area contributed by atoms with Crippen molar-refractivity contribution in [3.8, 4) is 5.75 Å². The van der Waals surface area contributed by atoms with Crippen molar-refractivity contribution in [1.29, 1.82) is 0 Å². The Hall–Kier alpha value is -1.69. The second-order valence-electron chi connectivity index (χ2n) is 5.07. The number of benzene rings is 1. The molecular weight excluding hydrogens is 280 g/mol. The number of nitrogens with zero attached hydrogens (tertiary/aromatic N) is 1. The Morgan fingerprint density at radius 1 is 1.48 bits per heavy atom. The molecule has 0 bridgehead atoms. The predicted octanol–water partition coefficient (Wildman–Crippen LogP) is 2.17. The van der Waals surface area contributed by atoms with E-state index in [4.69, 9.17) is 9.84 Å². The number of carbonyl (C=O) groups is 1. The van der Waals surface area contributed by atoms with Crippen LogP contribution in [-0.2, 0) is 0 Å². The number of para-hydroxylation sites is 1. The Balaban J connectivity index is 2.18. The van der Waals surface area contributed by atoms with E-state index in [-0.39, 0.29) is 19.0 Å². The highest BCUT2D eigenvalue weighted by molar-refractivity contribution is 5.97. The molecule has 116 valence electrons. The van der Waals surface area contributed by atoms with Crippen LogP contribution in [0.15, 0.2) is 24.3 Å². The number of carbonyl (C=O) groups excluding carboxylic acids is 1. The molecule has 1 aliphatic heterocycles. The van der Waals surface area contributed by atoms with Gasteiger partial charge in [0.2, 0.25) is 0 Å². The fraction of sp³-hybridized carbons (Fsp3) is 0.533. The summed E-state index contributed by atoms with van der Waals surface area (Å²) in [6, 6.07) is 6.76. The molecule has 0 saturated carbocycles. The van der Waals surface area contributed by atoms with Crippen molar-refractivity contribution in [2.24, 2.45) is 5.92 Å². The molecule has 0 spiro atoms. The van der Waals surface area contributed by atoms with Crippen molar-refractivity contribution in [1.82, 2.24) is 4.90 Å². The molecule has 4 nitrogen and oxygen atoms in total. The molecule has 1 aromatic carbocycles. The molecule has 0 aromatic heterocycles. The van der Waals surface area contributed by atoms with Crippen molar-refractivity contribution in [2.45, 2.75) is 19.3 Å². The average Bonchev–Trinajstić information content (AvgIpc) is 2.47. The molecule has 1 N–H and O–H groups in total. The van der Waals surface area contributed by atoms with Crippen LogP contribution >= 0.6 is 0 Å². The highest BCUT2D eigenvalue weighted by Gasteiger charge is 2.44. The van der Waals surface area contributed by atoms with E-state index < -0.39 is 24.9 Å². The first-order chi connectivity index (χ1) is 9.99. The Bertz CT molecular complexity index is 507. The number of likely N-dealkylation sites (tertiary alicyclic amines) is 1. The van der Waals surface area contributed by atoms with Gasteiger partial charge in [-0.25, -0.2) is 8.78 Å². The van der Waals surface area contributed by atoms with Crippen LogP contribution in [-0.4, -0.2) is 48.1 Å². The van der Waals surface area contributed by atoms with Crippen molar-refractivity contribution in [2.75, 3.05) is 26.3 Å². The Morgan fingerprint density at radius 3 is 2.86 bits per heavy atom. The number of hydrogen-bond donors (Lipinski definition) is 1. The maximum atomic E-state index is 13.6. The van der Waals surface area contributed by atoms with Crippen LogP contribution < -0.4 is 4.74 Å². The highest BCUT2D eigenvalue weighted by Crippen LogP contribution is 2.34. The van der Waals surface area contributed by atoms with Gasteiger partial charge < -0.3 is 14.7 Å². The predicted molar refractivity (Wildman–Crippen MR) is 73.7 cm³/mol. The molecule has 0 radical (unpaired) electrons. The molecule has 1 aliphatic rings. The summed E-state index contributed by atoms with van der Waals surface area (Å²) in [5.74, 6) is -4.03. The molecular formula is C15H19F2NO3. The normalized spacial score (nSPS) is 21.1. The van der Waals surface area contributed by atoms with Gasteiger partial charge in [-0.2, -0.15) is 0 Å². The fourth-order valence-electron chi connectivity index (χ4n) is 2.45. The second kappa shape index (κ2) is 6.39. The summed E-state index contributed by atoms with van der Waals surface area (Å²) in [6.45, 7) is 1.42. The van der Waals surface area contributed by atoms with Gasteiger partial charge in [0.25, 0.3) is 11.8 Å². The van der Waals surface area contributed by atoms with Crippen LogP contribution in [0.3, 0.4) is 0 Å². The van der Waals surface area contributed by atoms with Gasteiger partial charge in [0, 0.05) is 19.5 Å². The van der Waals surface area contributed by atoms with E-state index in [1.54, 1.807) is 24.3 Å². The fourth-order valence-corrected chi connectivity index (χ4v) is 2.45. The number of piperidine rings is 1. The smallest absolute Gasteiger partial charge is 0.257 e. The maximum absolute atomic E-state index is 13.6. The monoisotopic (exact) mass is 299 g/mol. The van der Waals surface area contributed by atoms with Gasteiger partial charge >= 0.3 is 0 Å². The summed E-state index contributed by atoms with van der Waals surface area (Å²) in [4.78, 5) is 13.8. The number of hydrogen-bond acceptors (Lipinski definition) is 3. The lowest BCUT2D eigenvalue weighted by Gasteiger charge is -2.37. The number of alkyl halides is 2. The van der Waals surface area contributed by atoms with Crippen LogP contribution in [0.2, 0.25) is 0 Å². The van der Waals surface area contributed by atoms with Gasteiger partial charge in [-0.05, 0) is 19.1 Å². The van der Waals surface area contributed by atoms with Crippen LogP contribution in [0.4, 0.5) is 8.78 Å². The third-order valence-corrected chi connectivity index (χ3v) is 3.68. The van der Waals surface area contributed by atoms with Crippen molar-refractivity contribution in [3.05, 3.63) is 29.8 Å². The SMILES string of the molecule is CCOc1ccccc1C(=O)N1CCC(F)(F)C(CO)C1. The topological polar surface area (TPSA) is 49.8 Å². The molecule has 1 unspecified atom stereocenters. The number of halogens is 2. The van der Waals surface area contributed by atoms with Crippen LogP contribution in [0, 0.1) is 5.92 Å². The first kappa shape index (κ1) is 15.7. The minimum atomic E-state index is -2.93. The largest absolute Gasteiger partial charge is 0.493 e. The molecule has 1 atom stereocenters. The summed E-state index contributed by atoms with van der Waals surface area (Å²) in [5.41, 5.74) is 0.362. The zero-order valence-corrected chi connectivity index (χ0v) is 11.9. The lowest BCUT2D eigenvalue weighted by molar-refractivity contribution is -0.113. The number of rotatable bonds is 4. The van der Waals surface area contributed by atoms with E-state index in [1.165, 1.54) is 4.90 Å². The van der Waals surface area contributed by atoms with E-state index >= 15 is 0 Å². The molecule has 1 amide bonds. The van der Waals surface area contributed by atoms with Gasteiger partial charge in [-0.15, -0.1) is 0 Å².